The minimum absolute atomic E-state index is 0. The van der Waals surface area contributed by atoms with E-state index in [2.05, 4.69) is 126 Å². The van der Waals surface area contributed by atoms with E-state index in [1.165, 1.54) is 11.1 Å². The summed E-state index contributed by atoms with van der Waals surface area (Å²) in [6.07, 6.45) is 1.87. The summed E-state index contributed by atoms with van der Waals surface area (Å²) in [4.78, 5) is 9.48. The quantitative estimate of drug-likeness (QED) is 0.163. The number of hydrogen-bond donors (Lipinski definition) is 0. The average molecular weight is 783 g/mol. The molecule has 6 aromatic carbocycles. The molecule has 0 bridgehead atoms. The van der Waals surface area contributed by atoms with Crippen molar-refractivity contribution in [1.82, 2.24) is 14.5 Å². The summed E-state index contributed by atoms with van der Waals surface area (Å²) in [6.45, 7) is 0. The second-order valence-corrected chi connectivity index (χ2v) is 11.3. The Bertz CT molecular complexity index is 2500. The summed E-state index contributed by atoms with van der Waals surface area (Å²) in [6, 6.07) is 57.3. The fourth-order valence-electron chi connectivity index (χ4n) is 6.23. The van der Waals surface area contributed by atoms with E-state index < -0.39 is 0 Å². The molecule has 0 aliphatic rings. The van der Waals surface area contributed by atoms with Crippen LogP contribution in [0.3, 0.4) is 0 Å². The molecule has 47 heavy (non-hydrogen) atoms. The number of para-hydroxylation sites is 3. The first-order valence-corrected chi connectivity index (χ1v) is 15.2. The summed E-state index contributed by atoms with van der Waals surface area (Å²) in [5.74, 6) is 0.551. The molecule has 3 heterocycles. The minimum atomic E-state index is 0. The number of pyridine rings is 1. The molecular weight excluding hydrogens is 758 g/mol. The van der Waals surface area contributed by atoms with Gasteiger partial charge >= 0.3 is 21.1 Å². The van der Waals surface area contributed by atoms with Crippen LogP contribution in [-0.4, -0.2) is 14.5 Å². The van der Waals surface area contributed by atoms with Gasteiger partial charge in [-0.25, -0.2) is 0 Å². The second kappa shape index (κ2) is 12.0. The molecule has 224 valence electrons. The molecule has 0 saturated carbocycles. The van der Waals surface area contributed by atoms with Crippen LogP contribution in [0.1, 0.15) is 0 Å². The number of rotatable bonds is 5. The van der Waals surface area contributed by atoms with Gasteiger partial charge in [0, 0.05) is 11.7 Å². The standard InChI is InChI=1S/C42H25N3O.Pt/c1-2-9-28(10-3-1)29-17-19-30(20-18-29)31-23-24-43-38(26-31)32-11-8-12-34(25-32)45-39-15-6-4-13-35(39)36-22-21-33(27-40(36)45)42-44-37-14-5-7-16-41(37)46-42;/h1-24,26H;/q-2;+2. The van der Waals surface area contributed by atoms with E-state index >= 15 is 0 Å². The van der Waals surface area contributed by atoms with Crippen LogP contribution >= 0.6 is 0 Å². The number of nitrogens with zero attached hydrogens (tertiary/aromatic N) is 3. The van der Waals surface area contributed by atoms with Crippen molar-refractivity contribution in [2.24, 2.45) is 0 Å². The van der Waals surface area contributed by atoms with E-state index in [0.29, 0.717) is 5.89 Å². The van der Waals surface area contributed by atoms with E-state index in [0.717, 1.165) is 66.5 Å². The molecule has 0 fully saturated rings. The van der Waals surface area contributed by atoms with Gasteiger partial charge in [-0.3, -0.25) is 4.98 Å². The topological polar surface area (TPSA) is 43.9 Å². The normalized spacial score (nSPS) is 11.2. The van der Waals surface area contributed by atoms with Crippen molar-refractivity contribution in [2.45, 2.75) is 0 Å². The predicted molar refractivity (Wildman–Crippen MR) is 186 cm³/mol. The first-order chi connectivity index (χ1) is 22.8. The number of fused-ring (bicyclic) bond motifs is 4. The van der Waals surface area contributed by atoms with Crippen LogP contribution in [0.5, 0.6) is 0 Å². The van der Waals surface area contributed by atoms with Gasteiger partial charge in [0.05, 0.1) is 5.52 Å². The van der Waals surface area contributed by atoms with Gasteiger partial charge in [0.25, 0.3) is 0 Å². The molecule has 9 aromatic rings. The zero-order chi connectivity index (χ0) is 30.5. The molecule has 0 atom stereocenters. The Morgan fingerprint density at radius 1 is 0.553 bits per heavy atom. The third-order valence-corrected chi connectivity index (χ3v) is 8.49. The summed E-state index contributed by atoms with van der Waals surface area (Å²) < 4.78 is 8.32. The van der Waals surface area contributed by atoms with E-state index in [9.17, 15) is 0 Å². The molecular formula is C42H25N3OPt. The van der Waals surface area contributed by atoms with Crippen LogP contribution in [0, 0.1) is 12.1 Å². The fraction of sp³-hybridized carbons (Fsp3) is 0. The van der Waals surface area contributed by atoms with Crippen molar-refractivity contribution in [3.63, 3.8) is 0 Å². The van der Waals surface area contributed by atoms with Crippen LogP contribution in [0.2, 0.25) is 0 Å². The smallest absolute Gasteiger partial charge is 0.481 e. The molecule has 0 saturated heterocycles. The molecule has 0 aliphatic carbocycles. The summed E-state index contributed by atoms with van der Waals surface area (Å²) in [5, 5.41) is 2.25. The van der Waals surface area contributed by atoms with Crippen molar-refractivity contribution in [1.29, 1.82) is 0 Å². The number of benzene rings is 6. The first kappa shape index (κ1) is 28.9. The van der Waals surface area contributed by atoms with Crippen LogP contribution in [0.4, 0.5) is 0 Å². The molecule has 4 nitrogen and oxygen atoms in total. The van der Waals surface area contributed by atoms with Gasteiger partial charge in [-0.2, -0.15) is 0 Å². The molecule has 0 radical (unpaired) electrons. The number of hydrogen-bond acceptors (Lipinski definition) is 3. The van der Waals surface area contributed by atoms with E-state index in [4.69, 9.17) is 14.4 Å². The van der Waals surface area contributed by atoms with E-state index in [1.807, 2.05) is 42.6 Å². The summed E-state index contributed by atoms with van der Waals surface area (Å²) in [5.41, 5.74) is 11.8. The fourth-order valence-corrected chi connectivity index (χ4v) is 6.23. The third kappa shape index (κ3) is 5.17. The van der Waals surface area contributed by atoms with E-state index in [-0.39, 0.29) is 21.1 Å². The van der Waals surface area contributed by atoms with Gasteiger partial charge in [0.2, 0.25) is 0 Å². The van der Waals surface area contributed by atoms with Gasteiger partial charge in [0.1, 0.15) is 11.5 Å². The van der Waals surface area contributed by atoms with Gasteiger partial charge in [-0.05, 0) is 68.8 Å². The Labute approximate surface area is 286 Å². The maximum Gasteiger partial charge on any atom is 2.00 e. The van der Waals surface area contributed by atoms with Crippen molar-refractivity contribution in [2.75, 3.05) is 0 Å². The van der Waals surface area contributed by atoms with Crippen LogP contribution < -0.4 is 0 Å². The Morgan fingerprint density at radius 3 is 2.15 bits per heavy atom. The Morgan fingerprint density at radius 2 is 1.30 bits per heavy atom. The zero-order valence-corrected chi connectivity index (χ0v) is 27.3. The third-order valence-electron chi connectivity index (χ3n) is 8.49. The minimum Gasteiger partial charge on any atom is -0.481 e. The molecule has 9 rings (SSSR count). The van der Waals surface area contributed by atoms with Crippen molar-refractivity contribution >= 4 is 32.9 Å². The van der Waals surface area contributed by atoms with Crippen LogP contribution in [0.15, 0.2) is 156 Å². The maximum absolute atomic E-state index is 6.11. The van der Waals surface area contributed by atoms with Crippen molar-refractivity contribution in [3.05, 3.63) is 164 Å². The summed E-state index contributed by atoms with van der Waals surface area (Å²) in [7, 11) is 0. The van der Waals surface area contributed by atoms with Gasteiger partial charge < -0.3 is 14.0 Å². The van der Waals surface area contributed by atoms with E-state index in [1.54, 1.807) is 0 Å². The first-order valence-electron chi connectivity index (χ1n) is 15.2. The average Bonchev–Trinajstić information content (AvgIpc) is 3.72. The molecule has 0 aliphatic heterocycles. The van der Waals surface area contributed by atoms with Crippen molar-refractivity contribution in [3.8, 4) is 50.7 Å². The maximum atomic E-state index is 6.11. The number of aromatic nitrogens is 3. The van der Waals surface area contributed by atoms with Gasteiger partial charge in [-0.15, -0.1) is 48.0 Å². The molecule has 3 aromatic heterocycles. The Hall–Kier alpha value is -5.57. The second-order valence-electron chi connectivity index (χ2n) is 11.3. The predicted octanol–water partition coefficient (Wildman–Crippen LogP) is 10.6. The monoisotopic (exact) mass is 782 g/mol. The Balaban J connectivity index is 0.00000324. The zero-order valence-electron chi connectivity index (χ0n) is 25.0. The summed E-state index contributed by atoms with van der Waals surface area (Å²) >= 11 is 0. The molecule has 5 heteroatoms. The van der Waals surface area contributed by atoms with Crippen LogP contribution in [0.25, 0.3) is 83.6 Å². The molecule has 0 spiro atoms. The van der Waals surface area contributed by atoms with Crippen molar-refractivity contribution < 1.29 is 25.5 Å². The number of oxazole rings is 1. The molecule has 0 N–H and O–H groups in total. The largest absolute Gasteiger partial charge is 2.00 e. The Kier molecular flexibility index (Phi) is 7.36. The molecule has 0 amide bonds. The van der Waals surface area contributed by atoms with Crippen LogP contribution in [-0.2, 0) is 21.1 Å². The SMILES string of the molecule is [Pt+2].[c-]1c(-c2cc(-c3ccc(-c4ccccc4)cc3)ccn2)cccc1-n1c2[c-]c(-c3nc4ccccc4o3)ccc2c2ccccc21. The van der Waals surface area contributed by atoms with Gasteiger partial charge in [-0.1, -0.05) is 102 Å². The van der Waals surface area contributed by atoms with Gasteiger partial charge in [0.15, 0.2) is 0 Å². The molecule has 0 unspecified atom stereocenters.